The van der Waals surface area contributed by atoms with Crippen LogP contribution in [-0.4, -0.2) is 26.3 Å². The van der Waals surface area contributed by atoms with Crippen molar-refractivity contribution < 1.29 is 13.5 Å². The molecule has 0 bridgehead atoms. The third kappa shape index (κ3) is 3.27. The third-order valence-electron chi connectivity index (χ3n) is 3.58. The predicted octanol–water partition coefficient (Wildman–Crippen LogP) is 2.52. The number of rotatable bonds is 4. The van der Waals surface area contributed by atoms with Gasteiger partial charge in [-0.1, -0.05) is 0 Å². The van der Waals surface area contributed by atoms with Gasteiger partial charge in [0.05, 0.1) is 6.61 Å². The molecule has 100 valence electrons. The summed E-state index contributed by atoms with van der Waals surface area (Å²) in [7, 11) is 1.86. The van der Waals surface area contributed by atoms with Crippen LogP contribution in [0.4, 0.5) is 8.78 Å². The van der Waals surface area contributed by atoms with E-state index in [1.165, 1.54) is 12.1 Å². The number of ether oxygens (including phenoxy) is 1. The van der Waals surface area contributed by atoms with Gasteiger partial charge in [-0.2, -0.15) is 0 Å². The molecule has 4 heteroatoms. The van der Waals surface area contributed by atoms with E-state index < -0.39 is 0 Å². The molecule has 1 N–H and O–H groups in total. The Bertz CT molecular complexity index is 391. The van der Waals surface area contributed by atoms with Gasteiger partial charge in [-0.25, -0.2) is 8.78 Å². The number of benzene rings is 1. The summed E-state index contributed by atoms with van der Waals surface area (Å²) in [6, 6.07) is 3.75. The first-order valence-corrected chi connectivity index (χ1v) is 6.39. The lowest BCUT2D eigenvalue weighted by molar-refractivity contribution is 0.0403. The van der Waals surface area contributed by atoms with Crippen molar-refractivity contribution in [3.63, 3.8) is 0 Å². The van der Waals surface area contributed by atoms with Crippen LogP contribution in [-0.2, 0) is 11.2 Å². The minimum absolute atomic E-state index is 0.126. The first-order chi connectivity index (χ1) is 8.70. The van der Waals surface area contributed by atoms with Crippen LogP contribution in [0.2, 0.25) is 0 Å². The lowest BCUT2D eigenvalue weighted by Crippen LogP contribution is -2.40. The standard InChI is InChI=1S/C14H19F2NO/c1-17-14(10-3-2-6-18-9-10)8-11-7-12(15)4-5-13(11)16/h4-5,7,10,14,17H,2-3,6,8-9H2,1H3. The van der Waals surface area contributed by atoms with Crippen molar-refractivity contribution in [1.82, 2.24) is 5.32 Å². The minimum atomic E-state index is -0.388. The maximum atomic E-state index is 13.6. The van der Waals surface area contributed by atoms with Crippen molar-refractivity contribution in [2.45, 2.75) is 25.3 Å². The fourth-order valence-electron chi connectivity index (χ4n) is 2.52. The Hall–Kier alpha value is -1.00. The van der Waals surface area contributed by atoms with Gasteiger partial charge in [-0.15, -0.1) is 0 Å². The van der Waals surface area contributed by atoms with Crippen LogP contribution in [0.5, 0.6) is 0 Å². The molecule has 1 aliphatic rings. The first kappa shape index (κ1) is 13.4. The van der Waals surface area contributed by atoms with E-state index in [9.17, 15) is 8.78 Å². The van der Waals surface area contributed by atoms with Gasteiger partial charge in [0, 0.05) is 12.6 Å². The molecule has 0 aromatic heterocycles. The Kier molecular flexibility index (Phi) is 4.66. The molecule has 1 saturated heterocycles. The molecule has 1 fully saturated rings. The quantitative estimate of drug-likeness (QED) is 0.892. The van der Waals surface area contributed by atoms with Crippen LogP contribution in [0.15, 0.2) is 18.2 Å². The highest BCUT2D eigenvalue weighted by Crippen LogP contribution is 2.21. The molecule has 1 heterocycles. The SMILES string of the molecule is CNC(Cc1cc(F)ccc1F)C1CCCOC1. The zero-order chi connectivity index (χ0) is 13.0. The number of likely N-dealkylation sites (N-methyl/N-ethyl adjacent to an activating group) is 1. The van der Waals surface area contributed by atoms with Crippen molar-refractivity contribution in [1.29, 1.82) is 0 Å². The highest BCUT2D eigenvalue weighted by molar-refractivity contribution is 5.20. The van der Waals surface area contributed by atoms with E-state index >= 15 is 0 Å². The van der Waals surface area contributed by atoms with Gasteiger partial charge in [-0.05, 0) is 56.0 Å². The van der Waals surface area contributed by atoms with Gasteiger partial charge in [0.25, 0.3) is 0 Å². The second kappa shape index (κ2) is 6.25. The van der Waals surface area contributed by atoms with Crippen LogP contribution >= 0.6 is 0 Å². The van der Waals surface area contributed by atoms with E-state index in [2.05, 4.69) is 5.32 Å². The number of nitrogens with one attached hydrogen (secondary N) is 1. The van der Waals surface area contributed by atoms with E-state index in [4.69, 9.17) is 4.74 Å². The van der Waals surface area contributed by atoms with E-state index in [1.807, 2.05) is 7.05 Å². The highest BCUT2D eigenvalue weighted by atomic mass is 19.1. The zero-order valence-electron chi connectivity index (χ0n) is 10.6. The smallest absolute Gasteiger partial charge is 0.126 e. The summed E-state index contributed by atoms with van der Waals surface area (Å²) in [6.07, 6.45) is 2.60. The van der Waals surface area contributed by atoms with Crippen LogP contribution in [0.25, 0.3) is 0 Å². The molecule has 1 aliphatic heterocycles. The van der Waals surface area contributed by atoms with Crippen LogP contribution in [0.1, 0.15) is 18.4 Å². The molecule has 0 saturated carbocycles. The summed E-state index contributed by atoms with van der Waals surface area (Å²) in [6.45, 7) is 1.50. The zero-order valence-corrected chi connectivity index (χ0v) is 10.6. The molecule has 2 unspecified atom stereocenters. The number of halogens is 2. The molecule has 0 spiro atoms. The summed E-state index contributed by atoms with van der Waals surface area (Å²) in [5.74, 6) is -0.360. The monoisotopic (exact) mass is 255 g/mol. The summed E-state index contributed by atoms with van der Waals surface area (Å²) < 4.78 is 32.2. The van der Waals surface area contributed by atoms with Crippen LogP contribution < -0.4 is 5.32 Å². The van der Waals surface area contributed by atoms with E-state index in [0.717, 1.165) is 25.5 Å². The normalized spacial score (nSPS) is 21.8. The highest BCUT2D eigenvalue weighted by Gasteiger charge is 2.24. The van der Waals surface area contributed by atoms with Gasteiger partial charge in [0.2, 0.25) is 0 Å². The molecule has 1 aromatic rings. The molecule has 2 atom stereocenters. The topological polar surface area (TPSA) is 21.3 Å². The van der Waals surface area contributed by atoms with Crippen LogP contribution in [0, 0.1) is 17.6 Å². The predicted molar refractivity (Wildman–Crippen MR) is 66.5 cm³/mol. The summed E-state index contributed by atoms with van der Waals surface area (Å²) in [5, 5.41) is 3.20. The van der Waals surface area contributed by atoms with Crippen molar-refractivity contribution in [2.75, 3.05) is 20.3 Å². The molecule has 0 aliphatic carbocycles. The van der Waals surface area contributed by atoms with E-state index in [-0.39, 0.29) is 17.7 Å². The largest absolute Gasteiger partial charge is 0.381 e. The van der Waals surface area contributed by atoms with Crippen molar-refractivity contribution in [2.24, 2.45) is 5.92 Å². The lowest BCUT2D eigenvalue weighted by atomic mass is 9.89. The average molecular weight is 255 g/mol. The van der Waals surface area contributed by atoms with Gasteiger partial charge >= 0.3 is 0 Å². The van der Waals surface area contributed by atoms with Crippen molar-refractivity contribution in [3.8, 4) is 0 Å². The van der Waals surface area contributed by atoms with E-state index in [0.29, 0.717) is 24.5 Å². The molecule has 0 radical (unpaired) electrons. The Labute approximate surface area is 106 Å². The lowest BCUT2D eigenvalue weighted by Gasteiger charge is -2.30. The second-order valence-corrected chi connectivity index (χ2v) is 4.81. The summed E-state index contributed by atoms with van der Waals surface area (Å²) in [5.41, 5.74) is 0.430. The minimum Gasteiger partial charge on any atom is -0.381 e. The summed E-state index contributed by atoms with van der Waals surface area (Å²) in [4.78, 5) is 0. The Morgan fingerprint density at radius 3 is 2.94 bits per heavy atom. The maximum Gasteiger partial charge on any atom is 0.126 e. The fourth-order valence-corrected chi connectivity index (χ4v) is 2.52. The van der Waals surface area contributed by atoms with Crippen LogP contribution in [0.3, 0.4) is 0 Å². The molecule has 1 aromatic carbocycles. The Balaban J connectivity index is 2.06. The Morgan fingerprint density at radius 2 is 2.28 bits per heavy atom. The fraction of sp³-hybridized carbons (Fsp3) is 0.571. The van der Waals surface area contributed by atoms with Gasteiger partial charge in [0.1, 0.15) is 11.6 Å². The summed E-state index contributed by atoms with van der Waals surface area (Å²) >= 11 is 0. The average Bonchev–Trinajstić information content (AvgIpc) is 2.41. The second-order valence-electron chi connectivity index (χ2n) is 4.81. The molecular formula is C14H19F2NO. The Morgan fingerprint density at radius 1 is 1.44 bits per heavy atom. The van der Waals surface area contributed by atoms with Gasteiger partial charge < -0.3 is 10.1 Å². The number of hydrogen-bond donors (Lipinski definition) is 1. The molecule has 0 amide bonds. The number of hydrogen-bond acceptors (Lipinski definition) is 2. The van der Waals surface area contributed by atoms with Gasteiger partial charge in [0.15, 0.2) is 0 Å². The molecule has 18 heavy (non-hydrogen) atoms. The molecule has 2 nitrogen and oxygen atoms in total. The van der Waals surface area contributed by atoms with Crippen molar-refractivity contribution >= 4 is 0 Å². The molecule has 2 rings (SSSR count). The third-order valence-corrected chi connectivity index (χ3v) is 3.58. The van der Waals surface area contributed by atoms with E-state index in [1.54, 1.807) is 0 Å². The first-order valence-electron chi connectivity index (χ1n) is 6.39. The van der Waals surface area contributed by atoms with Crippen molar-refractivity contribution in [3.05, 3.63) is 35.4 Å². The molecular weight excluding hydrogens is 236 g/mol. The van der Waals surface area contributed by atoms with Gasteiger partial charge in [-0.3, -0.25) is 0 Å². The maximum absolute atomic E-state index is 13.6.